The van der Waals surface area contributed by atoms with Gasteiger partial charge < -0.3 is 10.2 Å². The van der Waals surface area contributed by atoms with Crippen LogP contribution in [0.4, 0.5) is 5.69 Å². The van der Waals surface area contributed by atoms with Crippen LogP contribution in [0, 0.1) is 0 Å². The molecule has 1 fully saturated rings. The Bertz CT molecular complexity index is 593. The first kappa shape index (κ1) is 16.0. The summed E-state index contributed by atoms with van der Waals surface area (Å²) >= 11 is 0. The van der Waals surface area contributed by atoms with Crippen LogP contribution in [-0.2, 0) is 9.59 Å². The van der Waals surface area contributed by atoms with Gasteiger partial charge in [0.2, 0.25) is 5.91 Å². The molecule has 1 aromatic rings. The van der Waals surface area contributed by atoms with Gasteiger partial charge in [-0.05, 0) is 38.1 Å². The summed E-state index contributed by atoms with van der Waals surface area (Å²) in [4.78, 5) is 39.3. The number of anilines is 1. The normalized spacial score (nSPS) is 18.0. The third-order valence-corrected chi connectivity index (χ3v) is 3.65. The fourth-order valence-corrected chi connectivity index (χ4v) is 2.46. The molecule has 0 saturated carbocycles. The van der Waals surface area contributed by atoms with E-state index in [4.69, 9.17) is 0 Å². The number of likely N-dealkylation sites (tertiary alicyclic amines) is 1. The average Bonchev–Trinajstić information content (AvgIpc) is 2.73. The summed E-state index contributed by atoms with van der Waals surface area (Å²) < 4.78 is 0. The van der Waals surface area contributed by atoms with Crippen LogP contribution in [-0.4, -0.2) is 48.8 Å². The zero-order chi connectivity index (χ0) is 16.4. The number of rotatable bonds is 4. The van der Waals surface area contributed by atoms with Crippen molar-refractivity contribution in [2.45, 2.75) is 32.4 Å². The monoisotopic (exact) mass is 303 g/mol. The van der Waals surface area contributed by atoms with Crippen molar-refractivity contribution >= 4 is 23.4 Å². The fraction of sp³-hybridized carbons (Fsp3) is 0.438. The first-order chi connectivity index (χ1) is 10.3. The molecule has 1 aliphatic rings. The number of benzene rings is 1. The number of nitrogens with zero attached hydrogens (tertiary/aromatic N) is 2. The van der Waals surface area contributed by atoms with E-state index in [0.717, 1.165) is 5.69 Å². The molecule has 0 aromatic heterocycles. The molecule has 1 aliphatic heterocycles. The molecule has 6 nitrogen and oxygen atoms in total. The van der Waals surface area contributed by atoms with E-state index in [1.807, 2.05) is 31.1 Å². The van der Waals surface area contributed by atoms with Gasteiger partial charge >= 0.3 is 0 Å². The van der Waals surface area contributed by atoms with Crippen LogP contribution in [0.2, 0.25) is 0 Å². The first-order valence-electron chi connectivity index (χ1n) is 7.25. The molecule has 1 saturated heterocycles. The second-order valence-electron chi connectivity index (χ2n) is 5.87. The predicted molar refractivity (Wildman–Crippen MR) is 83.6 cm³/mol. The van der Waals surface area contributed by atoms with Gasteiger partial charge in [0.15, 0.2) is 0 Å². The van der Waals surface area contributed by atoms with Crippen LogP contribution in [0.1, 0.15) is 30.6 Å². The SMILES string of the molecule is CC(C)N1C(=O)C[C@H](NC(=O)c2ccc(N(C)C)cc2)C1=O. The topological polar surface area (TPSA) is 69.7 Å². The molecule has 1 heterocycles. The number of carbonyl (C=O) groups excluding carboxylic acids is 3. The van der Waals surface area contributed by atoms with Crippen LogP contribution in [0.3, 0.4) is 0 Å². The van der Waals surface area contributed by atoms with Crippen LogP contribution >= 0.6 is 0 Å². The Morgan fingerprint density at radius 2 is 1.82 bits per heavy atom. The molecule has 2 rings (SSSR count). The highest BCUT2D eigenvalue weighted by Gasteiger charge is 2.40. The van der Waals surface area contributed by atoms with E-state index in [1.54, 1.807) is 26.0 Å². The average molecular weight is 303 g/mol. The van der Waals surface area contributed by atoms with Crippen molar-refractivity contribution in [1.82, 2.24) is 10.2 Å². The Morgan fingerprint density at radius 3 is 2.27 bits per heavy atom. The zero-order valence-electron chi connectivity index (χ0n) is 13.3. The van der Waals surface area contributed by atoms with Crippen LogP contribution < -0.4 is 10.2 Å². The molecule has 0 aliphatic carbocycles. The fourth-order valence-electron chi connectivity index (χ4n) is 2.46. The van der Waals surface area contributed by atoms with E-state index in [1.165, 1.54) is 4.90 Å². The van der Waals surface area contributed by atoms with Gasteiger partial charge in [-0.3, -0.25) is 19.3 Å². The molecule has 1 atom stereocenters. The molecule has 6 heteroatoms. The lowest BCUT2D eigenvalue weighted by molar-refractivity contribution is -0.140. The summed E-state index contributed by atoms with van der Waals surface area (Å²) in [5.74, 6) is -0.923. The van der Waals surface area contributed by atoms with Crippen LogP contribution in [0.25, 0.3) is 0 Å². The maximum Gasteiger partial charge on any atom is 0.252 e. The van der Waals surface area contributed by atoms with Gasteiger partial charge in [0, 0.05) is 31.4 Å². The van der Waals surface area contributed by atoms with Crippen molar-refractivity contribution in [2.24, 2.45) is 0 Å². The van der Waals surface area contributed by atoms with Gasteiger partial charge in [-0.2, -0.15) is 0 Å². The second kappa shape index (κ2) is 6.17. The lowest BCUT2D eigenvalue weighted by Gasteiger charge is -2.19. The molecule has 0 unspecified atom stereocenters. The van der Waals surface area contributed by atoms with E-state index >= 15 is 0 Å². The number of nitrogens with one attached hydrogen (secondary N) is 1. The number of amides is 3. The third kappa shape index (κ3) is 3.10. The molecule has 1 aromatic carbocycles. The van der Waals surface area contributed by atoms with Gasteiger partial charge in [0.25, 0.3) is 11.8 Å². The van der Waals surface area contributed by atoms with Crippen molar-refractivity contribution in [1.29, 1.82) is 0 Å². The number of carbonyl (C=O) groups is 3. The molecule has 0 bridgehead atoms. The van der Waals surface area contributed by atoms with E-state index < -0.39 is 6.04 Å². The largest absolute Gasteiger partial charge is 0.378 e. The quantitative estimate of drug-likeness (QED) is 0.843. The molecule has 0 radical (unpaired) electrons. The summed E-state index contributed by atoms with van der Waals surface area (Å²) in [6.45, 7) is 3.56. The van der Waals surface area contributed by atoms with Crippen molar-refractivity contribution in [3.05, 3.63) is 29.8 Å². The summed E-state index contributed by atoms with van der Waals surface area (Å²) in [7, 11) is 3.83. The highest BCUT2D eigenvalue weighted by Crippen LogP contribution is 2.17. The van der Waals surface area contributed by atoms with Crippen molar-refractivity contribution in [2.75, 3.05) is 19.0 Å². The Morgan fingerprint density at radius 1 is 1.23 bits per heavy atom. The van der Waals surface area contributed by atoms with Crippen LogP contribution in [0.5, 0.6) is 0 Å². The number of imide groups is 1. The Balaban J connectivity index is 2.06. The Hall–Kier alpha value is -2.37. The number of hydrogen-bond acceptors (Lipinski definition) is 4. The molecule has 22 heavy (non-hydrogen) atoms. The van der Waals surface area contributed by atoms with Gasteiger partial charge in [-0.25, -0.2) is 0 Å². The molecular weight excluding hydrogens is 282 g/mol. The maximum atomic E-state index is 12.2. The lowest BCUT2D eigenvalue weighted by atomic mass is 10.1. The highest BCUT2D eigenvalue weighted by molar-refractivity contribution is 6.08. The Labute approximate surface area is 130 Å². The van der Waals surface area contributed by atoms with E-state index in [0.29, 0.717) is 5.56 Å². The Kier molecular flexibility index (Phi) is 4.49. The lowest BCUT2D eigenvalue weighted by Crippen LogP contribution is -2.43. The minimum atomic E-state index is -0.768. The summed E-state index contributed by atoms with van der Waals surface area (Å²) in [6.07, 6.45) is 0.0263. The van der Waals surface area contributed by atoms with Gasteiger partial charge in [-0.1, -0.05) is 0 Å². The maximum absolute atomic E-state index is 12.2. The van der Waals surface area contributed by atoms with Gasteiger partial charge in [-0.15, -0.1) is 0 Å². The second-order valence-corrected chi connectivity index (χ2v) is 5.87. The molecule has 0 spiro atoms. The summed E-state index contributed by atoms with van der Waals surface area (Å²) in [6, 6.07) is 6.10. The molecule has 118 valence electrons. The minimum Gasteiger partial charge on any atom is -0.378 e. The van der Waals surface area contributed by atoms with Crippen molar-refractivity contribution in [3.63, 3.8) is 0 Å². The van der Waals surface area contributed by atoms with E-state index in [-0.39, 0.29) is 30.2 Å². The third-order valence-electron chi connectivity index (χ3n) is 3.65. The zero-order valence-corrected chi connectivity index (χ0v) is 13.3. The van der Waals surface area contributed by atoms with Crippen molar-refractivity contribution < 1.29 is 14.4 Å². The minimum absolute atomic E-state index is 0.0263. The smallest absolute Gasteiger partial charge is 0.252 e. The van der Waals surface area contributed by atoms with Crippen molar-refractivity contribution in [3.8, 4) is 0 Å². The van der Waals surface area contributed by atoms with Gasteiger partial charge in [0.05, 0.1) is 6.42 Å². The molecule has 1 N–H and O–H groups in total. The highest BCUT2D eigenvalue weighted by atomic mass is 16.2. The summed E-state index contributed by atoms with van der Waals surface area (Å²) in [5.41, 5.74) is 1.45. The first-order valence-corrected chi connectivity index (χ1v) is 7.25. The number of hydrogen-bond donors (Lipinski definition) is 1. The van der Waals surface area contributed by atoms with E-state index in [2.05, 4.69) is 5.32 Å². The standard InChI is InChI=1S/C16H21N3O3/c1-10(2)19-14(20)9-13(16(19)22)17-15(21)11-5-7-12(8-6-11)18(3)4/h5-8,10,13H,9H2,1-4H3,(H,17,21)/t13-/m0/s1. The molecular formula is C16H21N3O3. The van der Waals surface area contributed by atoms with Gasteiger partial charge in [0.1, 0.15) is 6.04 Å². The van der Waals surface area contributed by atoms with E-state index in [9.17, 15) is 14.4 Å². The van der Waals surface area contributed by atoms with Crippen LogP contribution in [0.15, 0.2) is 24.3 Å². The molecule has 3 amide bonds. The predicted octanol–water partition coefficient (Wildman–Crippen LogP) is 1.02. The summed E-state index contributed by atoms with van der Waals surface area (Å²) in [5, 5.41) is 2.64.